The van der Waals surface area contributed by atoms with E-state index in [4.69, 9.17) is 15.7 Å². The van der Waals surface area contributed by atoms with Gasteiger partial charge in [-0.1, -0.05) is 136 Å². The van der Waals surface area contributed by atoms with Gasteiger partial charge in [-0.15, -0.1) is 28.6 Å². The van der Waals surface area contributed by atoms with Gasteiger partial charge >= 0.3 is 0 Å². The van der Waals surface area contributed by atoms with Gasteiger partial charge in [-0.05, 0) is 195 Å². The van der Waals surface area contributed by atoms with Crippen molar-refractivity contribution in [3.8, 4) is 39.2 Å². The summed E-state index contributed by atoms with van der Waals surface area (Å²) in [5.41, 5.74) is 14.0. The molecule has 2 aliphatic heterocycles. The van der Waals surface area contributed by atoms with E-state index in [1.54, 1.807) is 22.7 Å². The van der Waals surface area contributed by atoms with E-state index in [-0.39, 0.29) is 88.4 Å². The molecule has 8 aliphatic carbocycles. The second-order valence-electron chi connectivity index (χ2n) is 30.0. The number of nitrogens with two attached hydrogens (primary N) is 1. The third-order valence-corrected chi connectivity index (χ3v) is 27.6. The molecular formula is C79H88N6O4S2. The van der Waals surface area contributed by atoms with Gasteiger partial charge in [0.2, 0.25) is 0 Å². The second kappa shape index (κ2) is 23.1. The number of allylic oxidation sites excluding steroid dienone is 1. The predicted molar refractivity (Wildman–Crippen MR) is 366 cm³/mol. The molecular weight excluding hydrogens is 1160 g/mol. The zero-order valence-corrected chi connectivity index (χ0v) is 54.5. The van der Waals surface area contributed by atoms with Crippen LogP contribution in [0.4, 0.5) is 5.69 Å². The molecule has 3 aromatic carbocycles. The fraction of sp³-hybridized carbons (Fsp3) is 0.506. The van der Waals surface area contributed by atoms with Crippen LogP contribution in [-0.4, -0.2) is 67.4 Å². The van der Waals surface area contributed by atoms with Crippen LogP contribution in [0, 0.1) is 75.4 Å². The molecule has 8 N–H and O–H groups in total. The highest BCUT2D eigenvalue weighted by molar-refractivity contribution is 7.23. The predicted octanol–water partition coefficient (Wildman–Crippen LogP) is 15.4. The number of fused-ring (bicyclic) bond motifs is 5. The number of aliphatic imine (C=N–C) groups is 1. The lowest BCUT2D eigenvalue weighted by Gasteiger charge is -2.57. The molecule has 5 heterocycles. The molecule has 470 valence electrons. The van der Waals surface area contributed by atoms with E-state index < -0.39 is 22.5 Å². The first kappa shape index (κ1) is 59.4. The minimum absolute atomic E-state index is 0.00505. The number of aliphatic hydroxyl groups excluding tert-OH is 1. The first-order valence-corrected chi connectivity index (χ1v) is 36.2. The van der Waals surface area contributed by atoms with E-state index in [0.29, 0.717) is 30.8 Å². The number of thiophene rings is 2. The number of phenolic OH excluding ortho intramolecular Hbond substituents is 1. The van der Waals surface area contributed by atoms with Gasteiger partial charge in [-0.3, -0.25) is 4.79 Å². The zero-order chi connectivity index (χ0) is 61.9. The molecule has 3 spiro atoms. The maximum absolute atomic E-state index is 16.6. The number of benzene rings is 3. The summed E-state index contributed by atoms with van der Waals surface area (Å²) in [7, 11) is 0. The molecule has 11 bridgehead atoms. The normalized spacial score (nSPS) is 34.1. The lowest BCUT2D eigenvalue weighted by Crippen LogP contribution is -2.54. The summed E-state index contributed by atoms with van der Waals surface area (Å²) in [6.45, 7) is 3.93. The fourth-order valence-corrected chi connectivity index (χ4v) is 23.6. The van der Waals surface area contributed by atoms with Gasteiger partial charge in [0.1, 0.15) is 5.75 Å². The summed E-state index contributed by atoms with van der Waals surface area (Å²) in [6, 6.07) is 28.3. The first-order valence-electron chi connectivity index (χ1n) is 34.6. The number of nitrogens with one attached hydrogen (secondary N) is 3. The average Bonchev–Trinajstić information content (AvgIpc) is 1.53. The Bertz CT molecular complexity index is 4010. The number of aromatic nitrogens is 2. The van der Waals surface area contributed by atoms with Crippen molar-refractivity contribution in [2.75, 3.05) is 11.9 Å². The molecule has 10 nitrogen and oxygen atoms in total. The number of carbonyl (C=O) groups excluding carboxylic acids is 1. The van der Waals surface area contributed by atoms with Crippen LogP contribution in [0.25, 0.3) is 15.8 Å². The van der Waals surface area contributed by atoms with Gasteiger partial charge in [0.15, 0.2) is 11.7 Å². The minimum Gasteiger partial charge on any atom is -0.507 e. The quantitative estimate of drug-likeness (QED) is 0.0234. The highest BCUT2D eigenvalue weighted by Gasteiger charge is 2.72. The highest BCUT2D eigenvalue weighted by atomic mass is 32.1. The third-order valence-electron chi connectivity index (χ3n) is 25.3. The maximum Gasteiger partial charge on any atom is 0.189 e. The van der Waals surface area contributed by atoms with Crippen molar-refractivity contribution in [2.45, 2.75) is 190 Å². The number of guanidine groups is 1. The van der Waals surface area contributed by atoms with Crippen LogP contribution in [0.2, 0.25) is 0 Å². The molecule has 12 heteroatoms. The lowest BCUT2D eigenvalue weighted by atomic mass is 9.46. The van der Waals surface area contributed by atoms with Crippen LogP contribution in [0.5, 0.6) is 5.75 Å². The first-order chi connectivity index (χ1) is 44.3. The Kier molecular flexibility index (Phi) is 15.1. The van der Waals surface area contributed by atoms with Crippen molar-refractivity contribution in [1.82, 2.24) is 15.3 Å². The van der Waals surface area contributed by atoms with Crippen LogP contribution >= 0.6 is 22.7 Å². The van der Waals surface area contributed by atoms with E-state index in [0.717, 1.165) is 137 Å². The van der Waals surface area contributed by atoms with Crippen molar-refractivity contribution in [2.24, 2.45) is 62.5 Å². The molecule has 14 atom stereocenters. The van der Waals surface area contributed by atoms with Crippen molar-refractivity contribution < 1.29 is 20.1 Å². The standard InChI is InChI=1S/C79H88N6O4S2/c1-3-15-54-23-27-64(90-54)65-28-29-66(91-65)73(88)61-32-37-77-36-31-60-71(78(46-79(60,61)45-77)35-14-19-52(78)44-86)58-25-24-55-49(40-68(77)85-74(80)83-53-20-9-5-10-21-53)39-63(87)56-26-30-67(84-72(55)56)75(2,89)41-48-16-13-22-57-69(48)59(62-43-81-47-82-62)38-50(70(57)58)42-76(33-11-6-12-34-76)51-17-7-4-8-18-51/h4,7-8,13,16-18,22-23,26-31,36,39,43,47,50,52-53,58-61,67-68,70-71,84,86-87,89H,5-6,9-12,14,19-21,32-35,37-38,40-42,44-46H2,1-2H3,(H,81,82)(H3,80,83,85). The van der Waals surface area contributed by atoms with Crippen molar-refractivity contribution in [1.29, 1.82) is 0 Å². The number of phenols is 1. The number of H-pyrrole nitrogens is 1. The summed E-state index contributed by atoms with van der Waals surface area (Å²) in [5, 5.41) is 45.9. The summed E-state index contributed by atoms with van der Waals surface area (Å²) in [4.78, 5) is 34.8. The maximum atomic E-state index is 16.6. The molecule has 5 fully saturated rings. The van der Waals surface area contributed by atoms with Crippen LogP contribution in [0.3, 0.4) is 0 Å². The number of carbonyl (C=O) groups is 1. The number of imidazole rings is 1. The third kappa shape index (κ3) is 9.87. The van der Waals surface area contributed by atoms with Crippen LogP contribution in [0.15, 0.2) is 115 Å². The van der Waals surface area contributed by atoms with Crippen molar-refractivity contribution >= 4 is 46.2 Å². The molecule has 10 aliphatic rings. The summed E-state index contributed by atoms with van der Waals surface area (Å²) >= 11 is 3.32. The molecule has 6 aromatic rings. The van der Waals surface area contributed by atoms with Gasteiger partial charge in [-0.25, -0.2) is 9.98 Å². The Labute approximate surface area is 545 Å². The molecule has 5 saturated carbocycles. The van der Waals surface area contributed by atoms with E-state index in [2.05, 4.69) is 124 Å². The fourth-order valence-electron chi connectivity index (χ4n) is 21.6. The van der Waals surface area contributed by atoms with E-state index in [1.807, 2.05) is 44.6 Å². The van der Waals surface area contributed by atoms with Crippen LogP contribution in [-0.2, 0) is 18.3 Å². The van der Waals surface area contributed by atoms with Gasteiger partial charge in [0, 0.05) is 75.4 Å². The molecule has 14 unspecified atom stereocenters. The molecule has 91 heavy (non-hydrogen) atoms. The number of rotatable bonds is 10. The van der Waals surface area contributed by atoms with Crippen molar-refractivity contribution in [3.05, 3.63) is 164 Å². The SMILES string of the molecule is CC#Cc1ccc(-c2ccc(C(=O)C3CCC45C=CC6C(C7C#Cc8c(cc(O)c9c8NC(C=C9)C(C)(O)Cc8cccc9c8C(c8cnc[nH]8)CC(CC8(c%10ccccc%10)CCCCC8)C97)CC4N=C(N)NC4CCCCC4)C4(CCCC4CO)CC36C5)s2)s1. The van der Waals surface area contributed by atoms with E-state index >= 15 is 4.79 Å². The average molecular weight is 1250 g/mol. The lowest BCUT2D eigenvalue weighted by molar-refractivity contribution is -0.0196. The number of aliphatic hydroxyl groups is 2. The number of hydrogen-bond acceptors (Lipinski definition) is 9. The Hall–Kier alpha value is -6.67. The van der Waals surface area contributed by atoms with Crippen LogP contribution in [0.1, 0.15) is 207 Å². The van der Waals surface area contributed by atoms with E-state index in [1.165, 1.54) is 42.4 Å². The minimum atomic E-state index is -1.28. The number of Topliss-reactive ketones (excluding diaryl/α,β-unsaturated/α-hetero) is 1. The monoisotopic (exact) mass is 1250 g/mol. The number of aromatic hydroxyl groups is 1. The van der Waals surface area contributed by atoms with E-state index in [9.17, 15) is 15.3 Å². The molecule has 0 saturated heterocycles. The molecule has 0 radical (unpaired) electrons. The largest absolute Gasteiger partial charge is 0.507 e. The Morgan fingerprint density at radius 1 is 0.890 bits per heavy atom. The number of hydrogen-bond donors (Lipinski definition) is 7. The number of ketones is 1. The Morgan fingerprint density at radius 2 is 1.71 bits per heavy atom. The summed E-state index contributed by atoms with van der Waals surface area (Å²) in [5.74, 6) is 15.2. The number of nitrogens with zero attached hydrogens (tertiary/aromatic N) is 2. The Balaban J connectivity index is 0.970. The molecule has 16 rings (SSSR count). The van der Waals surface area contributed by atoms with Gasteiger partial charge in [0.05, 0.1) is 45.0 Å². The number of anilines is 1. The van der Waals surface area contributed by atoms with Crippen LogP contribution < -0.4 is 16.4 Å². The number of aromatic amines is 1. The van der Waals surface area contributed by atoms with Gasteiger partial charge < -0.3 is 36.7 Å². The summed E-state index contributed by atoms with van der Waals surface area (Å²) in [6.07, 6.45) is 33.2. The Morgan fingerprint density at radius 3 is 2.53 bits per heavy atom. The van der Waals surface area contributed by atoms with Gasteiger partial charge in [0.25, 0.3) is 0 Å². The zero-order valence-electron chi connectivity index (χ0n) is 52.9. The topological polar surface area (TPSA) is 169 Å². The second-order valence-corrected chi connectivity index (χ2v) is 32.2. The molecule has 3 aromatic heterocycles. The highest BCUT2D eigenvalue weighted by Crippen LogP contribution is 2.77. The molecule has 0 amide bonds. The smallest absolute Gasteiger partial charge is 0.189 e. The summed E-state index contributed by atoms with van der Waals surface area (Å²) < 4.78 is 0. The van der Waals surface area contributed by atoms with Crippen molar-refractivity contribution in [3.63, 3.8) is 0 Å². The van der Waals surface area contributed by atoms with Gasteiger partial charge in [-0.2, -0.15) is 0 Å².